The van der Waals surface area contributed by atoms with E-state index in [0.29, 0.717) is 0 Å². The minimum Gasteiger partial charge on any atom is -0.311 e. The summed E-state index contributed by atoms with van der Waals surface area (Å²) in [6, 6.07) is 89.5. The molecule has 3 heteroatoms. The van der Waals surface area contributed by atoms with Crippen LogP contribution in [0.4, 0.5) is 34.1 Å². The van der Waals surface area contributed by atoms with Gasteiger partial charge in [0, 0.05) is 50.6 Å². The van der Waals surface area contributed by atoms with Crippen LogP contribution in [0.1, 0.15) is 7.43 Å². The van der Waals surface area contributed by atoms with Crippen molar-refractivity contribution in [1.82, 2.24) is 4.57 Å². The molecule has 0 radical (unpaired) electrons. The molecule has 0 atom stereocenters. The van der Waals surface area contributed by atoms with Gasteiger partial charge in [0.05, 0.1) is 11.0 Å². The molecule has 0 fully saturated rings. The Kier molecular flexibility index (Phi) is 10.1. The molecule has 0 saturated carbocycles. The topological polar surface area (TPSA) is 11.4 Å². The fraction of sp³-hybridized carbons (Fsp3) is 0.0169. The summed E-state index contributed by atoms with van der Waals surface area (Å²) in [5.74, 6) is 0. The quantitative estimate of drug-likeness (QED) is 0.144. The minimum atomic E-state index is 0. The van der Waals surface area contributed by atoms with E-state index >= 15 is 0 Å². The standard InChI is InChI=1S/C58H41N3.CH4/c1-5-17-48(18-6-1)59(49-19-7-2-8-20-49)52-32-25-43(26-33-52)46-30-37-57-55(40-46)56-41-47(31-38-58(56)61(57)54-36-29-42-15-13-14-16-45(42)39-54)44-27-34-53(35-28-44)60(50-21-9-3-10-22-50)51-23-11-4-12-24-51;/h1-41H;1H4. The summed E-state index contributed by atoms with van der Waals surface area (Å²) < 4.78 is 2.42. The fourth-order valence-electron chi connectivity index (χ4n) is 8.78. The Bertz CT molecular complexity index is 3000. The molecule has 0 N–H and O–H groups in total. The Balaban J connectivity index is 0.00000458. The Hall–Kier alpha value is -8.14. The minimum absolute atomic E-state index is 0. The lowest BCUT2D eigenvalue weighted by atomic mass is 9.99. The SMILES string of the molecule is C.c1ccc(N(c2ccccc2)c2ccc(-c3ccc4c(c3)c3cc(-c5ccc(N(c6ccccc6)c6ccccc6)cc5)ccc3n4-c3ccc4ccccc4c3)cc2)cc1. The molecule has 1 aromatic heterocycles. The van der Waals surface area contributed by atoms with Crippen molar-refractivity contribution in [2.24, 2.45) is 0 Å². The zero-order valence-electron chi connectivity index (χ0n) is 33.5. The molecule has 62 heavy (non-hydrogen) atoms. The Morgan fingerprint density at radius 2 is 0.597 bits per heavy atom. The summed E-state index contributed by atoms with van der Waals surface area (Å²) in [4.78, 5) is 4.61. The molecule has 11 aromatic rings. The third-order valence-corrected chi connectivity index (χ3v) is 11.7. The molecule has 0 unspecified atom stereocenters. The van der Waals surface area contributed by atoms with Gasteiger partial charge in [0.25, 0.3) is 0 Å². The number of benzene rings is 10. The van der Waals surface area contributed by atoms with Crippen molar-refractivity contribution in [3.63, 3.8) is 0 Å². The predicted molar refractivity (Wildman–Crippen MR) is 265 cm³/mol. The van der Waals surface area contributed by atoms with Gasteiger partial charge in [-0.1, -0.05) is 147 Å². The molecule has 0 bridgehead atoms. The van der Waals surface area contributed by atoms with Crippen LogP contribution in [0.15, 0.2) is 249 Å². The maximum Gasteiger partial charge on any atom is 0.0541 e. The first kappa shape index (κ1) is 38.1. The third kappa shape index (κ3) is 7.06. The summed E-state index contributed by atoms with van der Waals surface area (Å²) in [7, 11) is 0. The average molecular weight is 796 g/mol. The van der Waals surface area contributed by atoms with Crippen LogP contribution < -0.4 is 9.80 Å². The molecule has 3 nitrogen and oxygen atoms in total. The van der Waals surface area contributed by atoms with Crippen LogP contribution in [-0.4, -0.2) is 4.57 Å². The fourth-order valence-corrected chi connectivity index (χ4v) is 8.78. The van der Waals surface area contributed by atoms with E-state index in [9.17, 15) is 0 Å². The summed E-state index contributed by atoms with van der Waals surface area (Å²) >= 11 is 0. The lowest BCUT2D eigenvalue weighted by Gasteiger charge is -2.25. The van der Waals surface area contributed by atoms with Gasteiger partial charge in [0.2, 0.25) is 0 Å². The smallest absolute Gasteiger partial charge is 0.0541 e. The first-order chi connectivity index (χ1) is 30.2. The second-order valence-electron chi connectivity index (χ2n) is 15.4. The van der Waals surface area contributed by atoms with Crippen molar-refractivity contribution >= 4 is 66.7 Å². The van der Waals surface area contributed by atoms with Crippen LogP contribution in [-0.2, 0) is 0 Å². The van der Waals surface area contributed by atoms with Crippen molar-refractivity contribution in [1.29, 1.82) is 0 Å². The van der Waals surface area contributed by atoms with E-state index in [2.05, 4.69) is 263 Å². The van der Waals surface area contributed by atoms with Gasteiger partial charge in [-0.15, -0.1) is 0 Å². The van der Waals surface area contributed by atoms with Crippen LogP contribution in [0.5, 0.6) is 0 Å². The van der Waals surface area contributed by atoms with E-state index in [-0.39, 0.29) is 7.43 Å². The van der Waals surface area contributed by atoms with Crippen LogP contribution >= 0.6 is 0 Å². The number of nitrogens with zero attached hydrogens (tertiary/aromatic N) is 3. The van der Waals surface area contributed by atoms with Crippen LogP contribution in [0.2, 0.25) is 0 Å². The number of anilines is 6. The monoisotopic (exact) mass is 795 g/mol. The molecular weight excluding hydrogens is 751 g/mol. The van der Waals surface area contributed by atoms with Gasteiger partial charge in [-0.25, -0.2) is 0 Å². The van der Waals surface area contributed by atoms with Crippen LogP contribution in [0.3, 0.4) is 0 Å². The lowest BCUT2D eigenvalue weighted by Crippen LogP contribution is -2.09. The first-order valence-corrected chi connectivity index (χ1v) is 20.8. The largest absolute Gasteiger partial charge is 0.311 e. The summed E-state index contributed by atoms with van der Waals surface area (Å²) in [6.07, 6.45) is 0. The van der Waals surface area contributed by atoms with Gasteiger partial charge >= 0.3 is 0 Å². The van der Waals surface area contributed by atoms with Crippen molar-refractivity contribution in [2.45, 2.75) is 7.43 Å². The van der Waals surface area contributed by atoms with E-state index in [0.717, 1.165) is 39.8 Å². The van der Waals surface area contributed by atoms with Crippen molar-refractivity contribution in [3.8, 4) is 27.9 Å². The van der Waals surface area contributed by atoms with Crippen molar-refractivity contribution < 1.29 is 0 Å². The van der Waals surface area contributed by atoms with Gasteiger partial charge in [0.15, 0.2) is 0 Å². The van der Waals surface area contributed by atoms with Gasteiger partial charge in [-0.3, -0.25) is 0 Å². The molecule has 296 valence electrons. The number of hydrogen-bond donors (Lipinski definition) is 0. The number of rotatable bonds is 9. The molecular formula is C59H45N3. The summed E-state index contributed by atoms with van der Waals surface area (Å²) in [6.45, 7) is 0. The van der Waals surface area contributed by atoms with E-state index < -0.39 is 0 Å². The lowest BCUT2D eigenvalue weighted by molar-refractivity contribution is 1.19. The van der Waals surface area contributed by atoms with Gasteiger partial charge in [-0.2, -0.15) is 0 Å². The normalized spacial score (nSPS) is 11.1. The highest BCUT2D eigenvalue weighted by Gasteiger charge is 2.17. The molecule has 0 aliphatic rings. The molecule has 0 aliphatic carbocycles. The number of para-hydroxylation sites is 4. The van der Waals surface area contributed by atoms with Crippen LogP contribution in [0, 0.1) is 0 Å². The van der Waals surface area contributed by atoms with Crippen LogP contribution in [0.25, 0.3) is 60.5 Å². The molecule has 10 aromatic carbocycles. The molecule has 0 amide bonds. The summed E-state index contributed by atoms with van der Waals surface area (Å²) in [5, 5.41) is 4.90. The molecule has 1 heterocycles. The van der Waals surface area contributed by atoms with E-state index in [1.165, 1.54) is 54.8 Å². The molecule has 0 saturated heterocycles. The molecule has 11 rings (SSSR count). The zero-order valence-corrected chi connectivity index (χ0v) is 33.5. The highest BCUT2D eigenvalue weighted by molar-refractivity contribution is 6.12. The van der Waals surface area contributed by atoms with Gasteiger partial charge < -0.3 is 14.4 Å². The molecule has 0 spiro atoms. The Morgan fingerprint density at radius 3 is 1.00 bits per heavy atom. The average Bonchev–Trinajstić information content (AvgIpc) is 3.66. The van der Waals surface area contributed by atoms with E-state index in [1.54, 1.807) is 0 Å². The Morgan fingerprint density at radius 1 is 0.258 bits per heavy atom. The third-order valence-electron chi connectivity index (χ3n) is 11.7. The maximum absolute atomic E-state index is 2.42. The van der Waals surface area contributed by atoms with Gasteiger partial charge in [0.1, 0.15) is 0 Å². The highest BCUT2D eigenvalue weighted by Crippen LogP contribution is 2.41. The number of fused-ring (bicyclic) bond motifs is 4. The first-order valence-electron chi connectivity index (χ1n) is 20.8. The van der Waals surface area contributed by atoms with Gasteiger partial charge in [-0.05, 0) is 142 Å². The zero-order chi connectivity index (χ0) is 40.5. The van der Waals surface area contributed by atoms with E-state index in [4.69, 9.17) is 0 Å². The second-order valence-corrected chi connectivity index (χ2v) is 15.4. The number of aromatic nitrogens is 1. The highest BCUT2D eigenvalue weighted by atomic mass is 15.1. The summed E-state index contributed by atoms with van der Waals surface area (Å²) in [5.41, 5.74) is 14.9. The second kappa shape index (κ2) is 16.5. The predicted octanol–water partition coefficient (Wildman–Crippen LogP) is 16.8. The molecule has 0 aliphatic heterocycles. The van der Waals surface area contributed by atoms with E-state index in [1.807, 2.05) is 0 Å². The maximum atomic E-state index is 2.42. The van der Waals surface area contributed by atoms with Crippen molar-refractivity contribution in [2.75, 3.05) is 9.80 Å². The number of hydrogen-bond acceptors (Lipinski definition) is 2. The van der Waals surface area contributed by atoms with Crippen molar-refractivity contribution in [3.05, 3.63) is 249 Å². The Labute approximate surface area is 363 Å².